The summed E-state index contributed by atoms with van der Waals surface area (Å²) in [6.45, 7) is 13.2. The number of sulfone groups is 1. The largest absolute Gasteiger partial charge is 0.573 e. The highest BCUT2D eigenvalue weighted by molar-refractivity contribution is 7.91. The molecule has 0 bridgehead atoms. The number of likely N-dealkylation sites (tertiary alicyclic amines) is 1. The fourth-order valence-corrected chi connectivity index (χ4v) is 12.3. The molecule has 0 amide bonds. The summed E-state index contributed by atoms with van der Waals surface area (Å²) in [4.78, 5) is 13.6. The highest BCUT2D eigenvalue weighted by Gasteiger charge is 2.35. The molecule has 0 saturated carbocycles. The first-order valence-electron chi connectivity index (χ1n) is 26.8. The smallest absolute Gasteiger partial charge is 0.491 e. The molecule has 0 unspecified atom stereocenters. The molecule has 68 heavy (non-hydrogen) atoms. The van der Waals surface area contributed by atoms with Crippen LogP contribution >= 0.6 is 0 Å². The summed E-state index contributed by atoms with van der Waals surface area (Å²) < 4.78 is 94.9. The van der Waals surface area contributed by atoms with Crippen molar-refractivity contribution in [3.63, 3.8) is 0 Å². The number of aromatic nitrogens is 1. The zero-order valence-electron chi connectivity index (χ0n) is 41.5. The lowest BCUT2D eigenvalue weighted by atomic mass is 9.99. The lowest BCUT2D eigenvalue weighted by Crippen LogP contribution is -2.56. The third kappa shape index (κ3) is 16.7. The third-order valence-electron chi connectivity index (χ3n) is 14.9. The SMILES string of the molecule is CCCCCCCCCCCCCCCCCCCCCCOc1ccc(S(=O)(=O)c2cnc3ccc(OC(F)(F)F)cc3c2N2CCC(N3CCN(C4CCN(CC)CC4)CC3)CC2)cc1F. The number of benzene rings is 2. The monoisotopic (exact) mass is 974 g/mol. The number of pyridine rings is 1. The molecule has 9 nitrogen and oxygen atoms in total. The van der Waals surface area contributed by atoms with Crippen molar-refractivity contribution in [2.45, 2.75) is 196 Å². The van der Waals surface area contributed by atoms with Gasteiger partial charge in [0, 0.05) is 62.9 Å². The number of ether oxygens (including phenoxy) is 2. The van der Waals surface area contributed by atoms with Gasteiger partial charge in [-0.2, -0.15) is 0 Å². The Kier molecular flexibility index (Phi) is 22.3. The molecular weight excluding hydrogens is 891 g/mol. The Balaban J connectivity index is 0.961. The molecule has 0 spiro atoms. The second kappa shape index (κ2) is 28.0. The van der Waals surface area contributed by atoms with Gasteiger partial charge >= 0.3 is 6.36 Å². The molecular formula is C54H83F4N5O4S. The predicted molar refractivity (Wildman–Crippen MR) is 267 cm³/mol. The Hall–Kier alpha value is -3.20. The van der Waals surface area contributed by atoms with Crippen molar-refractivity contribution in [3.05, 3.63) is 48.4 Å². The van der Waals surface area contributed by atoms with E-state index in [0.29, 0.717) is 37.3 Å². The number of rotatable bonds is 29. The number of alkyl halides is 3. The van der Waals surface area contributed by atoms with Gasteiger partial charge in [-0.05, 0) is 88.1 Å². The maximum atomic E-state index is 15.6. The molecule has 0 atom stereocenters. The van der Waals surface area contributed by atoms with Crippen LogP contribution in [-0.2, 0) is 9.84 Å². The van der Waals surface area contributed by atoms with E-state index in [-0.39, 0.29) is 26.6 Å². The Morgan fingerprint density at radius 2 is 1.13 bits per heavy atom. The average molecular weight is 974 g/mol. The van der Waals surface area contributed by atoms with E-state index in [4.69, 9.17) is 4.74 Å². The van der Waals surface area contributed by atoms with Crippen molar-refractivity contribution in [2.75, 3.05) is 70.4 Å². The number of nitrogens with zero attached hydrogens (tertiary/aromatic N) is 5. The van der Waals surface area contributed by atoms with Gasteiger partial charge in [0.05, 0.1) is 22.7 Å². The molecule has 1 aromatic heterocycles. The summed E-state index contributed by atoms with van der Waals surface area (Å²) in [5, 5.41) is 0.226. The lowest BCUT2D eigenvalue weighted by molar-refractivity contribution is -0.274. The van der Waals surface area contributed by atoms with E-state index in [2.05, 4.69) is 38.3 Å². The fourth-order valence-electron chi connectivity index (χ4n) is 10.8. The van der Waals surface area contributed by atoms with Gasteiger partial charge in [-0.25, -0.2) is 12.8 Å². The van der Waals surface area contributed by atoms with Crippen LogP contribution in [0, 0.1) is 5.82 Å². The Morgan fingerprint density at radius 1 is 0.632 bits per heavy atom. The molecule has 3 aliphatic rings. The number of hydrogen-bond acceptors (Lipinski definition) is 9. The third-order valence-corrected chi connectivity index (χ3v) is 16.7. The Morgan fingerprint density at radius 3 is 1.62 bits per heavy atom. The summed E-state index contributed by atoms with van der Waals surface area (Å²) in [6.07, 6.45) is 26.0. The van der Waals surface area contributed by atoms with E-state index in [1.54, 1.807) is 0 Å². The van der Waals surface area contributed by atoms with Crippen molar-refractivity contribution in [1.29, 1.82) is 0 Å². The number of anilines is 1. The maximum Gasteiger partial charge on any atom is 0.573 e. The molecule has 2 aromatic carbocycles. The lowest BCUT2D eigenvalue weighted by Gasteiger charge is -2.46. The highest BCUT2D eigenvalue weighted by atomic mass is 32.2. The van der Waals surface area contributed by atoms with Gasteiger partial charge < -0.3 is 19.3 Å². The van der Waals surface area contributed by atoms with Crippen LogP contribution in [0.3, 0.4) is 0 Å². The summed E-state index contributed by atoms with van der Waals surface area (Å²) in [5.74, 6) is -1.27. The van der Waals surface area contributed by atoms with Gasteiger partial charge in [0.25, 0.3) is 0 Å². The second-order valence-corrected chi connectivity index (χ2v) is 21.7. The molecule has 3 aliphatic heterocycles. The van der Waals surface area contributed by atoms with Crippen LogP contribution in [0.5, 0.6) is 11.5 Å². The van der Waals surface area contributed by atoms with Gasteiger partial charge in [0.2, 0.25) is 9.84 Å². The highest BCUT2D eigenvalue weighted by Crippen LogP contribution is 2.40. The van der Waals surface area contributed by atoms with Gasteiger partial charge in [-0.3, -0.25) is 14.8 Å². The predicted octanol–water partition coefficient (Wildman–Crippen LogP) is 13.4. The molecule has 3 fully saturated rings. The van der Waals surface area contributed by atoms with E-state index in [9.17, 15) is 21.6 Å². The van der Waals surface area contributed by atoms with Crippen LogP contribution in [-0.4, -0.2) is 112 Å². The first kappa shape index (κ1) is 54.1. The van der Waals surface area contributed by atoms with E-state index < -0.39 is 27.8 Å². The molecule has 0 aliphatic carbocycles. The number of unbranched alkanes of at least 4 members (excludes halogenated alkanes) is 19. The Bertz CT molecular complexity index is 2030. The number of piperidine rings is 2. The molecule has 3 saturated heterocycles. The second-order valence-electron chi connectivity index (χ2n) is 19.8. The minimum absolute atomic E-state index is 0.0164. The van der Waals surface area contributed by atoms with E-state index in [1.807, 2.05) is 4.90 Å². The van der Waals surface area contributed by atoms with Gasteiger partial charge in [0.1, 0.15) is 10.6 Å². The summed E-state index contributed by atoms with van der Waals surface area (Å²) in [7, 11) is -4.39. The molecule has 382 valence electrons. The maximum absolute atomic E-state index is 15.6. The van der Waals surface area contributed by atoms with Crippen molar-refractivity contribution >= 4 is 26.4 Å². The molecule has 0 radical (unpaired) electrons. The number of halogens is 4. The van der Waals surface area contributed by atoms with Crippen LogP contribution in [0.15, 0.2) is 52.4 Å². The van der Waals surface area contributed by atoms with E-state index in [1.165, 1.54) is 159 Å². The van der Waals surface area contributed by atoms with Crippen molar-refractivity contribution in [3.8, 4) is 11.5 Å². The van der Waals surface area contributed by atoms with Gasteiger partial charge in [-0.15, -0.1) is 13.2 Å². The quantitative estimate of drug-likeness (QED) is 0.0499. The Labute approximate surface area is 406 Å². The molecule has 14 heteroatoms. The molecule has 3 aromatic rings. The van der Waals surface area contributed by atoms with Gasteiger partial charge in [0.15, 0.2) is 11.6 Å². The zero-order chi connectivity index (χ0) is 48.2. The fraction of sp³-hybridized carbons (Fsp3) is 0.722. The first-order chi connectivity index (χ1) is 33.0. The minimum atomic E-state index is -4.94. The van der Waals surface area contributed by atoms with Crippen LogP contribution in [0.25, 0.3) is 10.9 Å². The number of hydrogen-bond donors (Lipinski definition) is 0. The van der Waals surface area contributed by atoms with Crippen molar-refractivity contribution < 1.29 is 35.5 Å². The van der Waals surface area contributed by atoms with E-state index in [0.717, 1.165) is 84.0 Å². The molecule has 0 N–H and O–H groups in total. The number of piperazine rings is 1. The topological polar surface area (TPSA) is 78.4 Å². The normalized spacial score (nSPS) is 17.6. The van der Waals surface area contributed by atoms with Crippen LogP contribution in [0.1, 0.15) is 168 Å². The standard InChI is InChI=1S/C54H83F4N5O4S/c1-3-5-6-7-8-9-10-11-12-13-14-15-16-17-18-19-20-21-22-23-40-66-51-27-25-47(42-49(51)55)68(64,65)52-43-59-50-26-24-46(67-54(56,57)58)41-48(50)53(52)63-34-30-45(31-35-63)62-38-36-61(37-39-62)44-28-32-60(4-2)33-29-44/h24-27,41-45H,3-23,28-40H2,1-2H3. The molecule has 6 rings (SSSR count). The van der Waals surface area contributed by atoms with Crippen LogP contribution in [0.4, 0.5) is 23.2 Å². The summed E-state index contributed by atoms with van der Waals surface area (Å²) >= 11 is 0. The first-order valence-corrected chi connectivity index (χ1v) is 28.3. The van der Waals surface area contributed by atoms with Gasteiger partial charge in [-0.1, -0.05) is 136 Å². The number of fused-ring (bicyclic) bond motifs is 1. The van der Waals surface area contributed by atoms with E-state index >= 15 is 4.39 Å². The average Bonchev–Trinajstić information content (AvgIpc) is 3.34. The minimum Gasteiger partial charge on any atom is -0.491 e. The van der Waals surface area contributed by atoms with Crippen LogP contribution < -0.4 is 14.4 Å². The van der Waals surface area contributed by atoms with Crippen LogP contribution in [0.2, 0.25) is 0 Å². The summed E-state index contributed by atoms with van der Waals surface area (Å²) in [6, 6.07) is 8.37. The summed E-state index contributed by atoms with van der Waals surface area (Å²) in [5.41, 5.74) is 0.584. The zero-order valence-corrected chi connectivity index (χ0v) is 42.3. The van der Waals surface area contributed by atoms with Crippen molar-refractivity contribution in [2.24, 2.45) is 0 Å². The molecule has 4 heterocycles. The van der Waals surface area contributed by atoms with Crippen molar-refractivity contribution in [1.82, 2.24) is 19.7 Å².